The number of pyridine rings is 1. The number of amides is 1. The molecule has 2 saturated heterocycles. The summed E-state index contributed by atoms with van der Waals surface area (Å²) in [7, 11) is 5.68. The van der Waals surface area contributed by atoms with Gasteiger partial charge in [0.15, 0.2) is 0 Å². The van der Waals surface area contributed by atoms with Gasteiger partial charge < -0.3 is 19.9 Å². The highest BCUT2D eigenvalue weighted by Gasteiger charge is 2.64. The highest BCUT2D eigenvalue weighted by atomic mass is 35.5. The lowest BCUT2D eigenvalue weighted by atomic mass is 9.49. The normalized spacial score (nSPS) is 19.8. The van der Waals surface area contributed by atoms with E-state index < -0.39 is 0 Å². The van der Waals surface area contributed by atoms with Gasteiger partial charge in [0.05, 0.1) is 39.1 Å². The van der Waals surface area contributed by atoms with E-state index in [4.69, 9.17) is 21.3 Å². The molecule has 3 aromatic carbocycles. The molecule has 7 aromatic rings. The number of anilines is 1. The fraction of sp³-hybridized carbons (Fsp3) is 0.415. The van der Waals surface area contributed by atoms with Crippen LogP contribution in [0.5, 0.6) is 5.75 Å². The minimum absolute atomic E-state index is 0.0125. The molecule has 0 bridgehead atoms. The van der Waals surface area contributed by atoms with Crippen LogP contribution in [0.3, 0.4) is 0 Å². The van der Waals surface area contributed by atoms with Crippen LogP contribution in [0.25, 0.3) is 44.2 Å². The first-order valence-corrected chi connectivity index (χ1v) is 24.0. The largest absolute Gasteiger partial charge is 0.489 e. The number of nitriles is 1. The van der Waals surface area contributed by atoms with Crippen molar-refractivity contribution in [2.24, 2.45) is 37.9 Å². The van der Waals surface area contributed by atoms with E-state index in [0.29, 0.717) is 39.7 Å². The number of halogens is 1. The third-order valence-corrected chi connectivity index (χ3v) is 15.6. The number of nitrogens with one attached hydrogen (secondary N) is 1. The summed E-state index contributed by atoms with van der Waals surface area (Å²) in [6.07, 6.45) is 13.0. The lowest BCUT2D eigenvalue weighted by molar-refractivity contribution is -0.164. The van der Waals surface area contributed by atoms with Crippen molar-refractivity contribution in [1.82, 2.24) is 44.1 Å². The van der Waals surface area contributed by atoms with Crippen molar-refractivity contribution in [3.8, 4) is 34.2 Å². The summed E-state index contributed by atoms with van der Waals surface area (Å²) in [5.41, 5.74) is 7.34. The molecule has 4 aromatic heterocycles. The van der Waals surface area contributed by atoms with E-state index in [1.807, 2.05) is 44.3 Å². The number of hydrogen-bond acceptors (Lipinski definition) is 10. The van der Waals surface area contributed by atoms with E-state index in [-0.39, 0.29) is 34.6 Å². The van der Waals surface area contributed by atoms with Crippen LogP contribution in [0.4, 0.5) is 5.95 Å². The Bertz CT molecular complexity index is 3150. The molecule has 0 radical (unpaired) electrons. The second-order valence-electron chi connectivity index (χ2n) is 20.4. The third-order valence-electron chi connectivity index (χ3n) is 15.2. The summed E-state index contributed by atoms with van der Waals surface area (Å²) < 4.78 is 11.8. The Morgan fingerprint density at radius 1 is 0.868 bits per heavy atom. The van der Waals surface area contributed by atoms with E-state index in [1.165, 1.54) is 5.56 Å². The summed E-state index contributed by atoms with van der Waals surface area (Å²) in [6, 6.07) is 20.0. The number of likely N-dealkylation sites (tertiary alicyclic amines) is 1. The number of hydrogen-bond donors (Lipinski definition) is 1. The molecule has 10 rings (SSSR count). The summed E-state index contributed by atoms with van der Waals surface area (Å²) in [6.45, 7) is 13.2. The van der Waals surface area contributed by atoms with E-state index in [1.54, 1.807) is 39.8 Å². The molecule has 6 heterocycles. The number of piperidine rings is 2. The van der Waals surface area contributed by atoms with Crippen molar-refractivity contribution in [2.45, 2.75) is 71.4 Å². The number of imidazole rings is 1. The minimum Gasteiger partial charge on any atom is -0.489 e. The Kier molecular flexibility index (Phi) is 11.6. The molecule has 0 spiro atoms. The van der Waals surface area contributed by atoms with Crippen LogP contribution in [0.15, 0.2) is 90.4 Å². The first-order valence-electron chi connectivity index (χ1n) is 23.6. The zero-order chi connectivity index (χ0) is 47.6. The second-order valence-corrected chi connectivity index (χ2v) is 20.8. The Morgan fingerprint density at radius 3 is 2.28 bits per heavy atom. The molecule has 1 saturated carbocycles. The van der Waals surface area contributed by atoms with E-state index in [9.17, 15) is 14.9 Å². The predicted octanol–water partition coefficient (Wildman–Crippen LogP) is 8.52. The molecular weight excluding hydrogens is 874 g/mol. The van der Waals surface area contributed by atoms with Gasteiger partial charge in [0.2, 0.25) is 5.95 Å². The van der Waals surface area contributed by atoms with Crippen molar-refractivity contribution in [3.05, 3.63) is 118 Å². The minimum atomic E-state index is -0.382. The fourth-order valence-electron chi connectivity index (χ4n) is 11.8. The van der Waals surface area contributed by atoms with E-state index in [2.05, 4.69) is 100 Å². The number of benzene rings is 3. The number of nitrogens with zero attached hydrogens (tertiary/aromatic N) is 10. The first kappa shape index (κ1) is 45.2. The molecule has 1 aliphatic carbocycles. The summed E-state index contributed by atoms with van der Waals surface area (Å²) in [5, 5.41) is 19.4. The smallest absolute Gasteiger partial charge is 0.328 e. The fourth-order valence-corrected chi connectivity index (χ4v) is 12.0. The average Bonchev–Trinajstić information content (AvgIpc) is 3.88. The topological polar surface area (TPSA) is 152 Å². The predicted molar refractivity (Wildman–Crippen MR) is 266 cm³/mol. The standard InChI is InChI=1S/C53H58ClN11O3/c1-52(2)48(53(3,4)49(52)68-39-12-11-35(25-55)43(54)24-39)60-47(66)37-26-57-50(58-27-37)65-19-13-32(14-20-65)30-64-17-15-33(16-18-64)41-21-36(23-45-46(41)63(7)51(67)62(45)6)40-10-8-9-34-22-44(56-29-42(34)40)38-28-59-61(5)31-38/h8-12,21-24,26-29,31-33,48-49H,13-20,30H2,1-7H3,(H,60,66). The molecule has 1 N–H and O–H groups in total. The van der Waals surface area contributed by atoms with Crippen LogP contribution >= 0.6 is 11.6 Å². The van der Waals surface area contributed by atoms with Crippen LogP contribution in [0.2, 0.25) is 5.02 Å². The molecule has 1 amide bonds. The number of fused-ring (bicyclic) bond motifs is 2. The summed E-state index contributed by atoms with van der Waals surface area (Å²) in [4.78, 5) is 46.0. The van der Waals surface area contributed by atoms with Gasteiger partial charge in [0, 0.05) is 99.5 Å². The molecule has 2 aliphatic heterocycles. The second kappa shape index (κ2) is 17.5. The molecule has 15 heteroatoms. The van der Waals surface area contributed by atoms with Gasteiger partial charge in [-0.1, -0.05) is 57.5 Å². The van der Waals surface area contributed by atoms with E-state index in [0.717, 1.165) is 103 Å². The number of aromatic nitrogens is 7. The van der Waals surface area contributed by atoms with Crippen LogP contribution < -0.4 is 20.6 Å². The van der Waals surface area contributed by atoms with Crippen LogP contribution in [-0.2, 0) is 21.1 Å². The van der Waals surface area contributed by atoms with Crippen molar-refractivity contribution in [2.75, 3.05) is 37.6 Å². The number of ether oxygens (including phenoxy) is 1. The van der Waals surface area contributed by atoms with Gasteiger partial charge in [-0.2, -0.15) is 10.4 Å². The van der Waals surface area contributed by atoms with Crippen LogP contribution in [-0.4, -0.2) is 89.5 Å². The lowest BCUT2D eigenvalue weighted by Crippen LogP contribution is -2.74. The Morgan fingerprint density at radius 2 is 1.60 bits per heavy atom. The van der Waals surface area contributed by atoms with Gasteiger partial charge in [0.25, 0.3) is 5.91 Å². The lowest BCUT2D eigenvalue weighted by Gasteiger charge is -2.63. The number of carbonyl (C=O) groups excluding carboxylic acids is 1. The SMILES string of the molecule is Cn1cc(-c2cc3cccc(-c4cc(C5CCN(CC6CCN(c7ncc(C(=O)NC8C(C)(C)C(Oc9ccc(C#N)c(Cl)c9)C8(C)C)cn7)CC6)CC5)c5c(c4)n(C)c(=O)n5C)c3cn2)cn1. The van der Waals surface area contributed by atoms with Crippen LogP contribution in [0, 0.1) is 28.1 Å². The zero-order valence-corrected chi connectivity index (χ0v) is 40.6. The number of aryl methyl sites for hydroxylation is 3. The maximum Gasteiger partial charge on any atom is 0.328 e. The van der Waals surface area contributed by atoms with Crippen molar-refractivity contribution in [1.29, 1.82) is 5.26 Å². The van der Waals surface area contributed by atoms with Gasteiger partial charge in [-0.3, -0.25) is 23.6 Å². The summed E-state index contributed by atoms with van der Waals surface area (Å²) in [5.74, 6) is 1.93. The Labute approximate surface area is 401 Å². The van der Waals surface area contributed by atoms with Gasteiger partial charge >= 0.3 is 5.69 Å². The van der Waals surface area contributed by atoms with Gasteiger partial charge in [-0.25, -0.2) is 14.8 Å². The average molecular weight is 933 g/mol. The highest BCUT2D eigenvalue weighted by molar-refractivity contribution is 6.31. The summed E-state index contributed by atoms with van der Waals surface area (Å²) >= 11 is 6.28. The molecule has 14 nitrogen and oxygen atoms in total. The Hall–Kier alpha value is -6.56. The molecular formula is C53H58ClN11O3. The molecule has 350 valence electrons. The quantitative estimate of drug-likeness (QED) is 0.141. The van der Waals surface area contributed by atoms with Crippen molar-refractivity contribution < 1.29 is 9.53 Å². The van der Waals surface area contributed by atoms with Gasteiger partial charge in [0.1, 0.15) is 17.9 Å². The molecule has 68 heavy (non-hydrogen) atoms. The number of rotatable bonds is 10. The Balaban J connectivity index is 0.750. The monoisotopic (exact) mass is 931 g/mol. The van der Waals surface area contributed by atoms with Crippen molar-refractivity contribution >= 4 is 45.3 Å². The maximum atomic E-state index is 13.6. The molecule has 3 fully saturated rings. The van der Waals surface area contributed by atoms with Crippen LogP contribution in [0.1, 0.15) is 80.8 Å². The number of carbonyl (C=O) groups is 1. The highest BCUT2D eigenvalue weighted by Crippen LogP contribution is 2.55. The third kappa shape index (κ3) is 8.09. The van der Waals surface area contributed by atoms with Gasteiger partial charge in [-0.15, -0.1) is 0 Å². The molecule has 3 aliphatic rings. The van der Waals surface area contributed by atoms with E-state index >= 15 is 0 Å². The molecule has 0 atom stereocenters. The van der Waals surface area contributed by atoms with Gasteiger partial charge in [-0.05, 0) is 103 Å². The molecule has 0 unspecified atom stereocenters. The van der Waals surface area contributed by atoms with Crippen molar-refractivity contribution in [3.63, 3.8) is 0 Å². The zero-order valence-electron chi connectivity index (χ0n) is 39.8. The first-order chi connectivity index (χ1) is 32.6. The maximum absolute atomic E-state index is 13.6.